The quantitative estimate of drug-likeness (QED) is 0.240. The van der Waals surface area contributed by atoms with Crippen molar-refractivity contribution in [3.63, 3.8) is 0 Å². The minimum absolute atomic E-state index is 2.03. The molecule has 39 heavy (non-hydrogen) atoms. The van der Waals surface area contributed by atoms with Gasteiger partial charge in [0.25, 0.3) is 0 Å². The fraction of sp³-hybridized carbons (Fsp3) is 1.00. The van der Waals surface area contributed by atoms with E-state index in [2.05, 4.69) is 0 Å². The number of alkyl halides is 21. The van der Waals surface area contributed by atoms with Gasteiger partial charge in [0.15, 0.2) is 6.10 Å². The molecule has 0 unspecified atom stereocenters. The lowest BCUT2D eigenvalue weighted by atomic mass is 9.84. The number of aliphatic hydroxyl groups excluding tert-OH is 4. The van der Waals surface area contributed by atoms with Gasteiger partial charge in [0.05, 0.1) is 6.61 Å². The van der Waals surface area contributed by atoms with E-state index in [0.717, 1.165) is 0 Å². The summed E-state index contributed by atoms with van der Waals surface area (Å²) in [5.41, 5.74) is 0. The Morgan fingerprint density at radius 1 is 0.385 bits per heavy atom. The predicted octanol–water partition coefficient (Wildman–Crippen LogP) is 4.34. The van der Waals surface area contributed by atoms with Crippen molar-refractivity contribution in [3.8, 4) is 0 Å². The van der Waals surface area contributed by atoms with Crippen LogP contribution in [0.15, 0.2) is 0 Å². The van der Waals surface area contributed by atoms with E-state index in [1.165, 1.54) is 0 Å². The molecule has 4 nitrogen and oxygen atoms in total. The Hall–Kier alpha value is -1.63. The third-order valence-corrected chi connectivity index (χ3v) is 4.81. The van der Waals surface area contributed by atoms with Gasteiger partial charge in [-0.05, 0) is 0 Å². The number of hydrogen-bond donors (Lipinski definition) is 4. The van der Waals surface area contributed by atoms with Gasteiger partial charge < -0.3 is 20.4 Å². The van der Waals surface area contributed by atoms with Crippen LogP contribution in [-0.2, 0) is 0 Å². The Morgan fingerprint density at radius 3 is 0.846 bits per heavy atom. The lowest BCUT2D eigenvalue weighted by Crippen LogP contribution is -2.77. The Balaban J connectivity index is 7.11. The highest BCUT2D eigenvalue weighted by molar-refractivity contribution is 5.18. The van der Waals surface area contributed by atoms with Crippen molar-refractivity contribution < 1.29 is 113 Å². The summed E-state index contributed by atoms with van der Waals surface area (Å²) in [6, 6.07) is 0. The maximum Gasteiger partial charge on any atom is 0.460 e. The van der Waals surface area contributed by atoms with Crippen molar-refractivity contribution >= 4 is 0 Å². The van der Waals surface area contributed by atoms with E-state index < -0.39 is 84.4 Å². The van der Waals surface area contributed by atoms with Gasteiger partial charge >= 0.3 is 59.5 Å². The molecule has 0 aliphatic rings. The Morgan fingerprint density at radius 2 is 0.615 bits per heavy atom. The standard InChI is InChI=1S/C14H9F21O4/c15-5(16,4(39)3(38)2(37)1-36)6(17,18)7(19,20)8(21,22)9(23,24)10(25,26)11(27,28)12(29,30)13(31,32)14(33,34)35/h2-4,36-39H,1H2/t2-,3+,4+/m0/s1. The largest absolute Gasteiger partial charge is 0.460 e. The molecule has 0 bridgehead atoms. The summed E-state index contributed by atoms with van der Waals surface area (Å²) in [5.74, 6) is -79.6. The average molecular weight is 640 g/mol. The molecule has 0 aromatic carbocycles. The molecule has 0 spiro atoms. The molecule has 236 valence electrons. The zero-order chi connectivity index (χ0) is 32.4. The smallest absolute Gasteiger partial charge is 0.394 e. The summed E-state index contributed by atoms with van der Waals surface area (Å²) in [6.45, 7) is -2.03. The SMILES string of the molecule is OC[C@H](O)[C@@H](O)[C@@H](O)C(F)(F)C(F)(F)C(F)(F)C(F)(F)C(F)(F)C(F)(F)C(F)(F)C(F)(F)C(F)(F)C(F)(F)F. The molecule has 0 aliphatic heterocycles. The lowest BCUT2D eigenvalue weighted by molar-refractivity contribution is -0.476. The molecule has 0 rings (SSSR count). The molecule has 0 aromatic rings. The van der Waals surface area contributed by atoms with E-state index in [4.69, 9.17) is 20.4 Å². The molecule has 0 aromatic heterocycles. The maximum absolute atomic E-state index is 13.7. The highest BCUT2D eigenvalue weighted by Gasteiger charge is 2.98. The van der Waals surface area contributed by atoms with E-state index >= 15 is 0 Å². The van der Waals surface area contributed by atoms with Gasteiger partial charge in [0, 0.05) is 0 Å². The molecule has 0 aliphatic carbocycles. The van der Waals surface area contributed by atoms with Crippen molar-refractivity contribution in [2.45, 2.75) is 77.8 Å². The number of hydrogen-bond acceptors (Lipinski definition) is 4. The second kappa shape index (κ2) is 9.73. The van der Waals surface area contributed by atoms with Crippen molar-refractivity contribution in [1.29, 1.82) is 0 Å². The predicted molar refractivity (Wildman–Crippen MR) is 75.7 cm³/mol. The highest BCUT2D eigenvalue weighted by atomic mass is 19.4. The van der Waals surface area contributed by atoms with Crippen LogP contribution in [-0.4, -0.2) is 105 Å². The van der Waals surface area contributed by atoms with Gasteiger partial charge in [0.1, 0.15) is 12.2 Å². The van der Waals surface area contributed by atoms with Crippen LogP contribution in [0.25, 0.3) is 0 Å². The Bertz CT molecular complexity index is 865. The molecule has 0 saturated carbocycles. The van der Waals surface area contributed by atoms with Crippen LogP contribution in [0.5, 0.6) is 0 Å². The topological polar surface area (TPSA) is 80.9 Å². The average Bonchev–Trinajstić information content (AvgIpc) is 2.75. The van der Waals surface area contributed by atoms with Gasteiger partial charge in [-0.1, -0.05) is 0 Å². The minimum atomic E-state index is -9.34. The fourth-order valence-corrected chi connectivity index (χ4v) is 2.29. The first kappa shape index (κ1) is 37.4. The molecular formula is C14H9F21O4. The first-order chi connectivity index (χ1) is 16.6. The Kier molecular flexibility index (Phi) is 9.33. The second-order valence-electron chi connectivity index (χ2n) is 7.40. The zero-order valence-corrected chi connectivity index (χ0v) is 17.2. The maximum atomic E-state index is 13.7. The van der Waals surface area contributed by atoms with Gasteiger partial charge in [0.2, 0.25) is 0 Å². The summed E-state index contributed by atoms with van der Waals surface area (Å²) >= 11 is 0. The van der Waals surface area contributed by atoms with Crippen molar-refractivity contribution in [1.82, 2.24) is 0 Å². The third kappa shape index (κ3) is 4.72. The molecule has 0 amide bonds. The van der Waals surface area contributed by atoms with Crippen molar-refractivity contribution in [2.75, 3.05) is 6.61 Å². The number of aliphatic hydroxyl groups is 4. The van der Waals surface area contributed by atoms with Crippen LogP contribution in [0.2, 0.25) is 0 Å². The first-order valence-electron chi connectivity index (χ1n) is 8.67. The van der Waals surface area contributed by atoms with E-state index in [1.807, 2.05) is 0 Å². The molecule has 3 atom stereocenters. The summed E-state index contributed by atoms with van der Waals surface area (Å²) in [5, 5.41) is 34.7. The summed E-state index contributed by atoms with van der Waals surface area (Å²) in [4.78, 5) is 0. The van der Waals surface area contributed by atoms with Gasteiger partial charge in [-0.3, -0.25) is 0 Å². The third-order valence-electron chi connectivity index (χ3n) is 4.81. The highest BCUT2D eigenvalue weighted by Crippen LogP contribution is 2.66. The summed E-state index contributed by atoms with van der Waals surface area (Å²) in [7, 11) is 0. The van der Waals surface area contributed by atoms with Crippen LogP contribution in [0, 0.1) is 0 Å². The van der Waals surface area contributed by atoms with Crippen LogP contribution < -0.4 is 0 Å². The van der Waals surface area contributed by atoms with E-state index in [-0.39, 0.29) is 0 Å². The van der Waals surface area contributed by atoms with Gasteiger partial charge in [-0.15, -0.1) is 0 Å². The lowest BCUT2D eigenvalue weighted by Gasteiger charge is -2.45. The van der Waals surface area contributed by atoms with E-state index in [1.54, 1.807) is 0 Å². The normalized spacial score (nSPS) is 18.7. The number of halogens is 21. The zero-order valence-electron chi connectivity index (χ0n) is 17.2. The van der Waals surface area contributed by atoms with Gasteiger partial charge in [-0.25, -0.2) is 0 Å². The molecule has 0 radical (unpaired) electrons. The first-order valence-corrected chi connectivity index (χ1v) is 8.67. The molecule has 0 heterocycles. The van der Waals surface area contributed by atoms with Gasteiger partial charge in [-0.2, -0.15) is 92.2 Å². The van der Waals surface area contributed by atoms with Crippen LogP contribution in [0.3, 0.4) is 0 Å². The number of rotatable bonds is 12. The van der Waals surface area contributed by atoms with E-state index in [0.29, 0.717) is 0 Å². The second-order valence-corrected chi connectivity index (χ2v) is 7.40. The van der Waals surface area contributed by atoms with Crippen molar-refractivity contribution in [3.05, 3.63) is 0 Å². The fourth-order valence-electron chi connectivity index (χ4n) is 2.29. The van der Waals surface area contributed by atoms with Crippen LogP contribution in [0.4, 0.5) is 92.2 Å². The summed E-state index contributed by atoms with van der Waals surface area (Å²) < 4.78 is 277. The van der Waals surface area contributed by atoms with Crippen LogP contribution in [0.1, 0.15) is 0 Å². The molecule has 0 saturated heterocycles. The van der Waals surface area contributed by atoms with E-state index in [9.17, 15) is 92.2 Å². The molecule has 25 heteroatoms. The molecular weight excluding hydrogens is 631 g/mol. The van der Waals surface area contributed by atoms with Crippen molar-refractivity contribution in [2.24, 2.45) is 0 Å². The monoisotopic (exact) mass is 640 g/mol. The Labute approximate surface area is 198 Å². The molecule has 4 N–H and O–H groups in total. The molecule has 0 fully saturated rings. The van der Waals surface area contributed by atoms with Crippen LogP contribution >= 0.6 is 0 Å². The minimum Gasteiger partial charge on any atom is -0.394 e. The summed E-state index contributed by atoms with van der Waals surface area (Å²) in [6.07, 6.45) is -20.4.